The molecule has 1 heterocycles. The van der Waals surface area contributed by atoms with Crippen molar-refractivity contribution in [3.8, 4) is 0 Å². The summed E-state index contributed by atoms with van der Waals surface area (Å²) in [4.78, 5) is 11.3. The van der Waals surface area contributed by atoms with E-state index >= 15 is 0 Å². The minimum Gasteiger partial charge on any atom is -0.443 e. The van der Waals surface area contributed by atoms with E-state index in [1.165, 1.54) is 0 Å². The minimum absolute atomic E-state index is 0.0583. The van der Waals surface area contributed by atoms with Crippen LogP contribution in [-0.4, -0.2) is 37.7 Å². The van der Waals surface area contributed by atoms with Crippen LogP contribution in [0.15, 0.2) is 0 Å². The Balaban J connectivity index is 2.34. The third-order valence-electron chi connectivity index (χ3n) is 2.24. The Kier molecular flexibility index (Phi) is 4.37. The molecule has 0 spiro atoms. The fraction of sp³-hybridized carbons (Fsp3) is 0.900. The van der Waals surface area contributed by atoms with E-state index in [0.29, 0.717) is 6.42 Å². The minimum atomic E-state index is -2.97. The Bertz CT molecular complexity index is 372. The number of hydrogen-bond donors (Lipinski definition) is 2. The number of sulfone groups is 1. The second kappa shape index (κ2) is 5.22. The summed E-state index contributed by atoms with van der Waals surface area (Å²) < 4.78 is 27.7. The molecule has 1 amide bonds. The second-order valence-corrected chi connectivity index (χ2v) is 7.45. The van der Waals surface area contributed by atoms with Gasteiger partial charge in [-0.15, -0.1) is 0 Å². The van der Waals surface area contributed by atoms with Crippen molar-refractivity contribution >= 4 is 15.9 Å². The first-order valence-electron chi connectivity index (χ1n) is 5.63. The number of carbonyl (C=O) groups excluding carboxylic acids is 1. The van der Waals surface area contributed by atoms with E-state index < -0.39 is 21.5 Å². The maximum Gasteiger partial charge on any atom is 0.422 e. The summed E-state index contributed by atoms with van der Waals surface area (Å²) in [6.07, 6.45) is 0.755. The van der Waals surface area contributed by atoms with Gasteiger partial charge < -0.3 is 4.74 Å². The summed E-state index contributed by atoms with van der Waals surface area (Å²) in [7, 11) is -2.97. The summed E-state index contributed by atoms with van der Waals surface area (Å²) in [6, 6.07) is -0.235. The van der Waals surface area contributed by atoms with Crippen molar-refractivity contribution in [2.45, 2.75) is 45.3 Å². The van der Waals surface area contributed by atoms with E-state index in [4.69, 9.17) is 4.74 Å². The zero-order chi connectivity index (χ0) is 13.1. The molecule has 1 saturated heterocycles. The average molecular weight is 264 g/mol. The van der Waals surface area contributed by atoms with Crippen LogP contribution in [-0.2, 0) is 14.6 Å². The van der Waals surface area contributed by atoms with Crippen molar-refractivity contribution in [2.24, 2.45) is 0 Å². The first kappa shape index (κ1) is 14.2. The third-order valence-corrected chi connectivity index (χ3v) is 4.06. The fourth-order valence-corrected chi connectivity index (χ4v) is 3.24. The summed E-state index contributed by atoms with van der Waals surface area (Å²) in [5.74, 6) is 0.292. The molecule has 1 fully saturated rings. The highest BCUT2D eigenvalue weighted by molar-refractivity contribution is 7.91. The van der Waals surface area contributed by atoms with Gasteiger partial charge in [0.25, 0.3) is 0 Å². The number of rotatable bonds is 2. The normalized spacial score (nSPS) is 24.1. The monoisotopic (exact) mass is 264 g/mol. The highest BCUT2D eigenvalue weighted by Crippen LogP contribution is 2.11. The maximum absolute atomic E-state index is 11.4. The molecule has 1 atom stereocenters. The molecule has 2 N–H and O–H groups in total. The van der Waals surface area contributed by atoms with E-state index in [1.54, 1.807) is 20.8 Å². The van der Waals surface area contributed by atoms with Crippen LogP contribution >= 0.6 is 0 Å². The molecule has 0 aromatic carbocycles. The van der Waals surface area contributed by atoms with Crippen LogP contribution < -0.4 is 10.9 Å². The molecule has 6 nitrogen and oxygen atoms in total. The standard InChI is InChI=1S/C10H20N2O4S/c1-10(2,3)16-9(13)12-11-8-5-4-6-17(14,15)7-8/h8,11H,4-7H2,1-3H3,(H,12,13). The molecule has 1 rings (SSSR count). The van der Waals surface area contributed by atoms with Gasteiger partial charge in [-0.25, -0.2) is 18.6 Å². The molecule has 1 unspecified atom stereocenters. The summed E-state index contributed by atoms with van der Waals surface area (Å²) in [5.41, 5.74) is 4.50. The topological polar surface area (TPSA) is 84.5 Å². The molecule has 0 bridgehead atoms. The van der Waals surface area contributed by atoms with E-state index in [1.807, 2.05) is 0 Å². The van der Waals surface area contributed by atoms with Crippen LogP contribution in [0.3, 0.4) is 0 Å². The number of ether oxygens (including phenoxy) is 1. The fourth-order valence-electron chi connectivity index (χ4n) is 1.60. The van der Waals surface area contributed by atoms with Gasteiger partial charge in [-0.05, 0) is 33.6 Å². The smallest absolute Gasteiger partial charge is 0.422 e. The Hall–Kier alpha value is -0.820. The summed E-state index contributed by atoms with van der Waals surface area (Å²) >= 11 is 0. The molecule has 0 saturated carbocycles. The number of hydrazine groups is 1. The van der Waals surface area contributed by atoms with Crippen LogP contribution in [0.1, 0.15) is 33.6 Å². The molecule has 1 aliphatic rings. The number of amides is 1. The van der Waals surface area contributed by atoms with Crippen LogP contribution in [0.4, 0.5) is 4.79 Å². The van der Waals surface area contributed by atoms with Crippen molar-refractivity contribution in [3.05, 3.63) is 0 Å². The average Bonchev–Trinajstić information content (AvgIpc) is 2.10. The Morgan fingerprint density at radius 2 is 2.00 bits per heavy atom. The van der Waals surface area contributed by atoms with Gasteiger partial charge in [0.15, 0.2) is 9.84 Å². The van der Waals surface area contributed by atoms with E-state index in [9.17, 15) is 13.2 Å². The van der Waals surface area contributed by atoms with E-state index in [2.05, 4.69) is 10.9 Å². The van der Waals surface area contributed by atoms with Crippen molar-refractivity contribution in [1.29, 1.82) is 0 Å². The highest BCUT2D eigenvalue weighted by atomic mass is 32.2. The molecule has 0 aliphatic carbocycles. The van der Waals surface area contributed by atoms with E-state index in [0.717, 1.165) is 6.42 Å². The van der Waals surface area contributed by atoms with Gasteiger partial charge in [-0.1, -0.05) is 0 Å². The molecule has 0 aromatic rings. The highest BCUT2D eigenvalue weighted by Gasteiger charge is 2.25. The van der Waals surface area contributed by atoms with Crippen molar-refractivity contribution in [1.82, 2.24) is 10.9 Å². The SMILES string of the molecule is CC(C)(C)OC(=O)NNC1CCCS(=O)(=O)C1. The molecule has 7 heteroatoms. The van der Waals surface area contributed by atoms with Gasteiger partial charge >= 0.3 is 6.09 Å². The van der Waals surface area contributed by atoms with Gasteiger partial charge in [-0.2, -0.15) is 0 Å². The summed E-state index contributed by atoms with van der Waals surface area (Å²) in [5, 5.41) is 0. The molecule has 0 radical (unpaired) electrons. The Morgan fingerprint density at radius 1 is 1.35 bits per heavy atom. The predicted molar refractivity (Wildman–Crippen MR) is 64.2 cm³/mol. The molecule has 100 valence electrons. The van der Waals surface area contributed by atoms with Gasteiger partial charge in [-0.3, -0.25) is 5.43 Å². The molecule has 1 aliphatic heterocycles. The van der Waals surface area contributed by atoms with Crippen molar-refractivity contribution in [2.75, 3.05) is 11.5 Å². The third kappa shape index (κ3) is 5.88. The van der Waals surface area contributed by atoms with Gasteiger partial charge in [0.2, 0.25) is 0 Å². The lowest BCUT2D eigenvalue weighted by Crippen LogP contribution is -2.50. The first-order chi connectivity index (χ1) is 7.68. The lowest BCUT2D eigenvalue weighted by atomic mass is 10.2. The largest absolute Gasteiger partial charge is 0.443 e. The van der Waals surface area contributed by atoms with Crippen LogP contribution in [0.5, 0.6) is 0 Å². The molecular formula is C10H20N2O4S. The summed E-state index contributed by atoms with van der Waals surface area (Å²) in [6.45, 7) is 5.28. The van der Waals surface area contributed by atoms with Crippen molar-refractivity contribution in [3.63, 3.8) is 0 Å². The predicted octanol–water partition coefficient (Wildman–Crippen LogP) is 0.593. The number of nitrogens with one attached hydrogen (secondary N) is 2. The van der Waals surface area contributed by atoms with Crippen LogP contribution in [0.2, 0.25) is 0 Å². The van der Waals surface area contributed by atoms with Crippen LogP contribution in [0.25, 0.3) is 0 Å². The quantitative estimate of drug-likeness (QED) is 0.713. The zero-order valence-corrected chi connectivity index (χ0v) is 11.3. The van der Waals surface area contributed by atoms with Crippen LogP contribution in [0, 0.1) is 0 Å². The number of hydrogen-bond acceptors (Lipinski definition) is 5. The van der Waals surface area contributed by atoms with Gasteiger partial charge in [0, 0.05) is 6.04 Å². The molecule has 17 heavy (non-hydrogen) atoms. The van der Waals surface area contributed by atoms with Gasteiger partial charge in [0.1, 0.15) is 5.60 Å². The lowest BCUT2D eigenvalue weighted by molar-refractivity contribution is 0.0488. The lowest BCUT2D eigenvalue weighted by Gasteiger charge is -2.25. The second-order valence-electron chi connectivity index (χ2n) is 5.22. The maximum atomic E-state index is 11.4. The zero-order valence-electron chi connectivity index (χ0n) is 10.4. The van der Waals surface area contributed by atoms with Gasteiger partial charge in [0.05, 0.1) is 11.5 Å². The Labute approximate surface area is 102 Å². The number of carbonyl (C=O) groups is 1. The molecule has 0 aromatic heterocycles. The Morgan fingerprint density at radius 3 is 2.53 bits per heavy atom. The first-order valence-corrected chi connectivity index (χ1v) is 7.45. The van der Waals surface area contributed by atoms with Crippen molar-refractivity contribution < 1.29 is 17.9 Å². The van der Waals surface area contributed by atoms with E-state index in [-0.39, 0.29) is 17.5 Å². The molecular weight excluding hydrogens is 244 g/mol.